The molecule has 0 saturated heterocycles. The summed E-state index contributed by atoms with van der Waals surface area (Å²) in [5.74, 6) is 0. The Bertz CT molecular complexity index is 709. The maximum Gasteiger partial charge on any atom is -0.00880 e. The van der Waals surface area contributed by atoms with Crippen molar-refractivity contribution in [1.82, 2.24) is 0 Å². The van der Waals surface area contributed by atoms with Crippen molar-refractivity contribution in [2.24, 2.45) is 0 Å². The topological polar surface area (TPSA) is 0 Å². The summed E-state index contributed by atoms with van der Waals surface area (Å²) in [7, 11) is 0. The highest BCUT2D eigenvalue weighted by Gasteiger charge is 2.02. The molecular weight excluding hydrogens is 252 g/mol. The molecule has 0 N–H and O–H groups in total. The van der Waals surface area contributed by atoms with Gasteiger partial charge in [0.2, 0.25) is 0 Å². The van der Waals surface area contributed by atoms with Gasteiger partial charge in [-0.05, 0) is 28.7 Å². The third-order valence-corrected chi connectivity index (χ3v) is 3.55. The van der Waals surface area contributed by atoms with E-state index in [1.807, 2.05) is 6.07 Å². The van der Waals surface area contributed by atoms with Crippen LogP contribution in [0.25, 0.3) is 17.2 Å². The lowest BCUT2D eigenvalue weighted by molar-refractivity contribution is 1.28. The van der Waals surface area contributed by atoms with E-state index in [9.17, 15) is 0 Å². The zero-order valence-electron chi connectivity index (χ0n) is 11.9. The van der Waals surface area contributed by atoms with E-state index in [-0.39, 0.29) is 0 Å². The number of benzene rings is 3. The molecule has 0 aliphatic carbocycles. The fourth-order valence-electron chi connectivity index (χ4n) is 2.48. The van der Waals surface area contributed by atoms with E-state index in [0.717, 1.165) is 6.42 Å². The average Bonchev–Trinajstić information content (AvgIpc) is 2.57. The minimum atomic E-state index is 0.944. The summed E-state index contributed by atoms with van der Waals surface area (Å²) in [6.07, 6.45) is 5.36. The highest BCUT2D eigenvalue weighted by Crippen LogP contribution is 2.24. The molecule has 3 aromatic carbocycles. The van der Waals surface area contributed by atoms with E-state index in [1.54, 1.807) is 0 Å². The van der Waals surface area contributed by atoms with Gasteiger partial charge in [-0.15, -0.1) is 0 Å². The number of hydrogen-bond acceptors (Lipinski definition) is 0. The second kappa shape index (κ2) is 6.71. The summed E-state index contributed by atoms with van der Waals surface area (Å²) in [5, 5.41) is 0. The largest absolute Gasteiger partial charge is 0.0795 e. The van der Waals surface area contributed by atoms with Crippen LogP contribution in [0.3, 0.4) is 0 Å². The molecule has 0 radical (unpaired) electrons. The van der Waals surface area contributed by atoms with Crippen molar-refractivity contribution in [1.29, 1.82) is 0 Å². The zero-order chi connectivity index (χ0) is 14.3. The van der Waals surface area contributed by atoms with E-state index in [2.05, 4.69) is 91.0 Å². The molecule has 0 atom stereocenters. The minimum absolute atomic E-state index is 0.944. The zero-order valence-corrected chi connectivity index (χ0v) is 11.9. The van der Waals surface area contributed by atoms with Crippen molar-refractivity contribution >= 4 is 6.08 Å². The van der Waals surface area contributed by atoms with Crippen LogP contribution >= 0.6 is 0 Å². The molecule has 0 aromatic heterocycles. The van der Waals surface area contributed by atoms with Gasteiger partial charge < -0.3 is 0 Å². The molecule has 0 nitrogen and oxygen atoms in total. The van der Waals surface area contributed by atoms with E-state index in [0.29, 0.717) is 0 Å². The highest BCUT2D eigenvalue weighted by molar-refractivity contribution is 5.67. The van der Waals surface area contributed by atoms with Crippen molar-refractivity contribution < 1.29 is 0 Å². The van der Waals surface area contributed by atoms with Crippen LogP contribution in [0.1, 0.15) is 11.1 Å². The Kier molecular flexibility index (Phi) is 4.28. The first-order valence-corrected chi connectivity index (χ1v) is 7.28. The van der Waals surface area contributed by atoms with E-state index in [4.69, 9.17) is 0 Å². The van der Waals surface area contributed by atoms with Crippen LogP contribution in [-0.4, -0.2) is 0 Å². The molecule has 0 saturated carbocycles. The molecule has 0 heteroatoms. The molecule has 0 unspecified atom stereocenters. The molecule has 102 valence electrons. The molecule has 0 aliphatic heterocycles. The van der Waals surface area contributed by atoms with Crippen molar-refractivity contribution in [2.75, 3.05) is 0 Å². The minimum Gasteiger partial charge on any atom is -0.0795 e. The van der Waals surface area contributed by atoms with Crippen LogP contribution in [0.15, 0.2) is 91.0 Å². The van der Waals surface area contributed by atoms with Crippen LogP contribution in [-0.2, 0) is 6.42 Å². The van der Waals surface area contributed by atoms with Gasteiger partial charge in [0.15, 0.2) is 0 Å². The highest BCUT2D eigenvalue weighted by atomic mass is 14.1. The lowest BCUT2D eigenvalue weighted by atomic mass is 9.97. The first kappa shape index (κ1) is 13.4. The first-order chi connectivity index (χ1) is 10.4. The van der Waals surface area contributed by atoms with Crippen LogP contribution in [0.2, 0.25) is 0 Å². The van der Waals surface area contributed by atoms with Crippen molar-refractivity contribution in [2.45, 2.75) is 6.42 Å². The van der Waals surface area contributed by atoms with Crippen molar-refractivity contribution in [3.63, 3.8) is 0 Å². The predicted molar refractivity (Wildman–Crippen MR) is 91.1 cm³/mol. The van der Waals surface area contributed by atoms with Crippen molar-refractivity contribution in [3.05, 3.63) is 102 Å². The van der Waals surface area contributed by atoms with Gasteiger partial charge in [-0.2, -0.15) is 0 Å². The monoisotopic (exact) mass is 270 g/mol. The molecule has 3 rings (SSSR count). The Balaban J connectivity index is 1.82. The van der Waals surface area contributed by atoms with Gasteiger partial charge in [-0.3, -0.25) is 0 Å². The van der Waals surface area contributed by atoms with Gasteiger partial charge in [0.05, 0.1) is 0 Å². The molecule has 0 amide bonds. The summed E-state index contributed by atoms with van der Waals surface area (Å²) in [4.78, 5) is 0. The molecule has 0 heterocycles. The smallest absolute Gasteiger partial charge is 0.00880 e. The van der Waals surface area contributed by atoms with Gasteiger partial charge in [0.25, 0.3) is 0 Å². The van der Waals surface area contributed by atoms with Crippen LogP contribution < -0.4 is 0 Å². The fraction of sp³-hybridized carbons (Fsp3) is 0.0476. The quantitative estimate of drug-likeness (QED) is 0.578. The standard InChI is InChI=1S/C21H18/c1-3-10-18(11-4-1)12-9-16-20-15-7-8-17-21(20)19-13-5-2-6-14-19/h1-15,17H,16H2. The molecule has 0 fully saturated rings. The maximum absolute atomic E-state index is 2.23. The number of hydrogen-bond donors (Lipinski definition) is 0. The number of allylic oxidation sites excluding steroid dienone is 1. The molecule has 3 aromatic rings. The van der Waals surface area contributed by atoms with Gasteiger partial charge in [-0.25, -0.2) is 0 Å². The van der Waals surface area contributed by atoms with Crippen LogP contribution in [0.5, 0.6) is 0 Å². The van der Waals surface area contributed by atoms with Gasteiger partial charge in [-0.1, -0.05) is 97.1 Å². The van der Waals surface area contributed by atoms with Crippen LogP contribution in [0.4, 0.5) is 0 Å². The Labute approximate surface area is 126 Å². The SMILES string of the molecule is C(=Cc1ccccc1)Cc1ccccc1-c1ccccc1. The Morgan fingerprint density at radius 3 is 2.00 bits per heavy atom. The molecule has 0 aliphatic rings. The Hall–Kier alpha value is -2.60. The summed E-state index contributed by atoms with van der Waals surface area (Å²) < 4.78 is 0. The Morgan fingerprint density at radius 2 is 1.24 bits per heavy atom. The normalized spacial score (nSPS) is 10.9. The van der Waals surface area contributed by atoms with E-state index < -0.39 is 0 Å². The Morgan fingerprint density at radius 1 is 0.619 bits per heavy atom. The molecule has 0 spiro atoms. The van der Waals surface area contributed by atoms with E-state index in [1.165, 1.54) is 22.3 Å². The second-order valence-corrected chi connectivity index (χ2v) is 5.04. The average molecular weight is 270 g/mol. The van der Waals surface area contributed by atoms with E-state index >= 15 is 0 Å². The van der Waals surface area contributed by atoms with Gasteiger partial charge in [0.1, 0.15) is 0 Å². The fourth-order valence-corrected chi connectivity index (χ4v) is 2.48. The predicted octanol–water partition coefficient (Wildman–Crippen LogP) is 5.61. The number of rotatable bonds is 4. The van der Waals surface area contributed by atoms with Crippen LogP contribution in [0, 0.1) is 0 Å². The first-order valence-electron chi connectivity index (χ1n) is 7.28. The molecule has 0 bridgehead atoms. The lowest BCUT2D eigenvalue weighted by Crippen LogP contribution is -1.87. The summed E-state index contributed by atoms with van der Waals surface area (Å²) in [6, 6.07) is 29.6. The van der Waals surface area contributed by atoms with Crippen molar-refractivity contribution in [3.8, 4) is 11.1 Å². The van der Waals surface area contributed by atoms with Gasteiger partial charge >= 0.3 is 0 Å². The summed E-state index contributed by atoms with van der Waals surface area (Å²) in [5.41, 5.74) is 5.20. The molecule has 21 heavy (non-hydrogen) atoms. The summed E-state index contributed by atoms with van der Waals surface area (Å²) >= 11 is 0. The second-order valence-electron chi connectivity index (χ2n) is 5.04. The summed E-state index contributed by atoms with van der Waals surface area (Å²) in [6.45, 7) is 0. The van der Waals surface area contributed by atoms with Gasteiger partial charge in [0, 0.05) is 0 Å². The third-order valence-electron chi connectivity index (χ3n) is 3.55. The molecular formula is C21H18. The lowest BCUT2D eigenvalue weighted by Gasteiger charge is -2.07. The third kappa shape index (κ3) is 3.49. The maximum atomic E-state index is 2.23.